The van der Waals surface area contributed by atoms with E-state index in [0.717, 1.165) is 40.9 Å². The van der Waals surface area contributed by atoms with E-state index in [1.54, 1.807) is 26.4 Å². The Hall–Kier alpha value is -2.34. The van der Waals surface area contributed by atoms with Crippen molar-refractivity contribution in [1.29, 1.82) is 0 Å². The average Bonchev–Trinajstić information content (AvgIpc) is 2.67. The van der Waals surface area contributed by atoms with Gasteiger partial charge in [-0.15, -0.1) is 0 Å². The van der Waals surface area contributed by atoms with Crippen molar-refractivity contribution in [2.24, 2.45) is 0 Å². The number of halogens is 2. The number of anilines is 1. The zero-order valence-electron chi connectivity index (χ0n) is 15.1. The van der Waals surface area contributed by atoms with Gasteiger partial charge in [0.15, 0.2) is 5.78 Å². The van der Waals surface area contributed by atoms with E-state index in [1.807, 2.05) is 12.1 Å². The van der Waals surface area contributed by atoms with Crippen LogP contribution in [0.1, 0.15) is 36.3 Å². The molecule has 1 atom stereocenters. The summed E-state index contributed by atoms with van der Waals surface area (Å²) in [6.45, 7) is 0. The lowest BCUT2D eigenvalue weighted by Gasteiger charge is -2.35. The predicted octanol–water partition coefficient (Wildman–Crippen LogP) is 5.17. The summed E-state index contributed by atoms with van der Waals surface area (Å²) in [6.07, 6.45) is 2.15. The van der Waals surface area contributed by atoms with Crippen LogP contribution in [0, 0.1) is 5.82 Å². The number of methoxy groups -OCH3 is 2. The summed E-state index contributed by atoms with van der Waals surface area (Å²) in [5.74, 6) is 0.772. The van der Waals surface area contributed by atoms with Crippen LogP contribution in [0.4, 0.5) is 10.1 Å². The lowest BCUT2D eigenvalue weighted by molar-refractivity contribution is -0.116. The Labute approximate surface area is 165 Å². The average molecular weight is 432 g/mol. The minimum Gasteiger partial charge on any atom is -0.497 e. The number of carbonyl (C=O) groups excluding carboxylic acids is 1. The number of ketones is 1. The molecule has 1 heterocycles. The Bertz CT molecular complexity index is 970. The molecule has 1 aliphatic carbocycles. The molecule has 4 nitrogen and oxygen atoms in total. The summed E-state index contributed by atoms with van der Waals surface area (Å²) < 4.78 is 25.2. The minimum atomic E-state index is -0.334. The Morgan fingerprint density at radius 3 is 2.67 bits per heavy atom. The van der Waals surface area contributed by atoms with Gasteiger partial charge >= 0.3 is 0 Å². The van der Waals surface area contributed by atoms with E-state index in [4.69, 9.17) is 9.47 Å². The van der Waals surface area contributed by atoms with Gasteiger partial charge in [-0.05, 0) is 46.5 Å². The molecule has 2 aliphatic rings. The fourth-order valence-corrected chi connectivity index (χ4v) is 4.35. The number of hydrogen-bond acceptors (Lipinski definition) is 4. The van der Waals surface area contributed by atoms with Crippen LogP contribution in [0.25, 0.3) is 0 Å². The summed E-state index contributed by atoms with van der Waals surface area (Å²) in [7, 11) is 3.20. The van der Waals surface area contributed by atoms with Gasteiger partial charge in [0, 0.05) is 47.0 Å². The molecule has 0 saturated heterocycles. The zero-order chi connectivity index (χ0) is 19.1. The maximum atomic E-state index is 13.8. The first-order valence-electron chi connectivity index (χ1n) is 8.77. The van der Waals surface area contributed by atoms with E-state index in [9.17, 15) is 9.18 Å². The first-order chi connectivity index (χ1) is 13.0. The molecule has 0 amide bonds. The zero-order valence-corrected chi connectivity index (χ0v) is 16.7. The molecule has 0 saturated carbocycles. The van der Waals surface area contributed by atoms with Crippen molar-refractivity contribution in [3.05, 3.63) is 63.0 Å². The van der Waals surface area contributed by atoms with Crippen molar-refractivity contribution in [3.63, 3.8) is 0 Å². The molecule has 0 spiro atoms. The van der Waals surface area contributed by atoms with Gasteiger partial charge in [-0.25, -0.2) is 4.39 Å². The Balaban J connectivity index is 1.99. The number of fused-ring (bicyclic) bond motifs is 1. The Kier molecular flexibility index (Phi) is 4.68. The van der Waals surface area contributed by atoms with Crippen molar-refractivity contribution in [3.8, 4) is 11.5 Å². The summed E-state index contributed by atoms with van der Waals surface area (Å²) in [6, 6.07) is 8.61. The van der Waals surface area contributed by atoms with Crippen LogP contribution in [-0.4, -0.2) is 20.0 Å². The number of nitrogens with one attached hydrogen (secondary N) is 1. The topological polar surface area (TPSA) is 47.6 Å². The van der Waals surface area contributed by atoms with E-state index >= 15 is 0 Å². The largest absolute Gasteiger partial charge is 0.497 e. The van der Waals surface area contributed by atoms with Gasteiger partial charge in [0.1, 0.15) is 17.3 Å². The van der Waals surface area contributed by atoms with Gasteiger partial charge in [-0.3, -0.25) is 4.79 Å². The van der Waals surface area contributed by atoms with Crippen LogP contribution >= 0.6 is 15.9 Å². The number of carbonyl (C=O) groups is 1. The SMILES string of the molecule is COc1cc2c(c(OC)c1)C(c1ccc(F)c(Br)c1)C1=C(CCCC1=O)N2. The predicted molar refractivity (Wildman–Crippen MR) is 105 cm³/mol. The second-order valence-corrected chi connectivity index (χ2v) is 7.55. The molecule has 0 bridgehead atoms. The molecule has 1 unspecified atom stereocenters. The van der Waals surface area contributed by atoms with Crippen molar-refractivity contribution in [2.45, 2.75) is 25.2 Å². The summed E-state index contributed by atoms with van der Waals surface area (Å²) in [5.41, 5.74) is 4.24. The van der Waals surface area contributed by atoms with Crippen molar-refractivity contribution >= 4 is 27.4 Å². The van der Waals surface area contributed by atoms with Crippen molar-refractivity contribution in [2.75, 3.05) is 19.5 Å². The van der Waals surface area contributed by atoms with Crippen molar-refractivity contribution < 1.29 is 18.7 Å². The highest BCUT2D eigenvalue weighted by atomic mass is 79.9. The third-order valence-electron chi connectivity index (χ3n) is 5.17. The molecule has 2 aromatic carbocycles. The Morgan fingerprint density at radius 2 is 1.96 bits per heavy atom. The van der Waals surface area contributed by atoms with Gasteiger partial charge < -0.3 is 14.8 Å². The van der Waals surface area contributed by atoms with Crippen molar-refractivity contribution in [1.82, 2.24) is 0 Å². The number of Topliss-reactive ketones (excluding diaryl/α,β-unsaturated/α-hetero) is 1. The smallest absolute Gasteiger partial charge is 0.161 e. The number of allylic oxidation sites excluding steroid dienone is 2. The maximum Gasteiger partial charge on any atom is 0.161 e. The van der Waals surface area contributed by atoms with Gasteiger partial charge in [-0.1, -0.05) is 6.07 Å². The summed E-state index contributed by atoms with van der Waals surface area (Å²) >= 11 is 3.27. The molecule has 1 N–H and O–H groups in total. The molecule has 4 rings (SSSR count). The van der Waals surface area contributed by atoms with Gasteiger partial charge in [0.2, 0.25) is 0 Å². The minimum absolute atomic E-state index is 0.123. The Morgan fingerprint density at radius 1 is 1.15 bits per heavy atom. The molecule has 27 heavy (non-hydrogen) atoms. The molecule has 0 radical (unpaired) electrons. The standard InChI is InChI=1S/C21H19BrFNO3/c1-26-12-9-16-21(18(10-12)27-2)19(11-6-7-14(23)13(22)8-11)20-15(24-16)4-3-5-17(20)25/h6-10,19,24H,3-5H2,1-2H3. The molecule has 140 valence electrons. The highest BCUT2D eigenvalue weighted by Gasteiger charge is 2.37. The van der Waals surface area contributed by atoms with Crippen LogP contribution < -0.4 is 14.8 Å². The van der Waals surface area contributed by atoms with Crippen LogP contribution in [0.3, 0.4) is 0 Å². The monoisotopic (exact) mass is 431 g/mol. The fourth-order valence-electron chi connectivity index (χ4n) is 3.95. The van der Waals surface area contributed by atoms with Crippen LogP contribution in [-0.2, 0) is 4.79 Å². The molecule has 6 heteroatoms. The molecule has 1 aliphatic heterocycles. The number of hydrogen-bond donors (Lipinski definition) is 1. The van der Waals surface area contributed by atoms with Gasteiger partial charge in [0.05, 0.1) is 18.7 Å². The van der Waals surface area contributed by atoms with Crippen LogP contribution in [0.5, 0.6) is 11.5 Å². The van der Waals surface area contributed by atoms with E-state index in [2.05, 4.69) is 21.2 Å². The molecular weight excluding hydrogens is 413 g/mol. The first-order valence-corrected chi connectivity index (χ1v) is 9.57. The molecule has 2 aromatic rings. The number of benzene rings is 2. The van der Waals surface area contributed by atoms with E-state index in [-0.39, 0.29) is 17.5 Å². The van der Waals surface area contributed by atoms with E-state index in [1.165, 1.54) is 6.07 Å². The van der Waals surface area contributed by atoms with E-state index < -0.39 is 0 Å². The highest BCUT2D eigenvalue weighted by Crippen LogP contribution is 2.50. The summed E-state index contributed by atoms with van der Waals surface area (Å²) in [4.78, 5) is 12.8. The van der Waals surface area contributed by atoms with Gasteiger partial charge in [0.25, 0.3) is 0 Å². The quantitative estimate of drug-likeness (QED) is 0.727. The first kappa shape index (κ1) is 18.0. The fraction of sp³-hybridized carbons (Fsp3) is 0.286. The number of rotatable bonds is 3. The highest BCUT2D eigenvalue weighted by molar-refractivity contribution is 9.10. The lowest BCUT2D eigenvalue weighted by atomic mass is 9.75. The van der Waals surface area contributed by atoms with Gasteiger partial charge in [-0.2, -0.15) is 0 Å². The summed E-state index contributed by atoms with van der Waals surface area (Å²) in [5, 5.41) is 3.42. The maximum absolute atomic E-state index is 13.8. The lowest BCUT2D eigenvalue weighted by Crippen LogP contribution is -2.27. The normalized spacial score (nSPS) is 18.5. The third kappa shape index (κ3) is 3.02. The number of ether oxygens (including phenoxy) is 2. The van der Waals surface area contributed by atoms with E-state index in [0.29, 0.717) is 22.4 Å². The molecule has 0 fully saturated rings. The van der Waals surface area contributed by atoms with Crippen LogP contribution in [0.15, 0.2) is 46.1 Å². The second-order valence-electron chi connectivity index (χ2n) is 6.69. The molecule has 0 aromatic heterocycles. The third-order valence-corrected chi connectivity index (χ3v) is 5.77. The molecular formula is C21H19BrFNO3. The van der Waals surface area contributed by atoms with Crippen LogP contribution in [0.2, 0.25) is 0 Å². The second kappa shape index (κ2) is 7.00.